The number of hydrogen-bond donors (Lipinski definition) is 2. The molecule has 1 aromatic carbocycles. The normalized spacial score (nSPS) is 12.3. The predicted molar refractivity (Wildman–Crippen MR) is 82.9 cm³/mol. The van der Waals surface area contributed by atoms with Gasteiger partial charge >= 0.3 is 5.97 Å². The van der Waals surface area contributed by atoms with Crippen LogP contribution < -0.4 is 5.32 Å². The second kappa shape index (κ2) is 7.77. The van der Waals surface area contributed by atoms with Crippen molar-refractivity contribution in [2.24, 2.45) is 0 Å². The molecule has 0 bridgehead atoms. The average Bonchev–Trinajstić information content (AvgIpc) is 3.00. The van der Waals surface area contributed by atoms with Gasteiger partial charge in [-0.15, -0.1) is 0 Å². The maximum absolute atomic E-state index is 11.0. The number of ether oxygens (including phenoxy) is 1. The third kappa shape index (κ3) is 4.19. The van der Waals surface area contributed by atoms with Crippen LogP contribution in [-0.4, -0.2) is 24.8 Å². The molecule has 2 aromatic rings. The van der Waals surface area contributed by atoms with Crippen LogP contribution in [-0.2, 0) is 17.7 Å². The van der Waals surface area contributed by atoms with E-state index < -0.39 is 5.97 Å². The molecule has 0 aliphatic rings. The molecule has 118 valence electrons. The summed E-state index contributed by atoms with van der Waals surface area (Å²) in [6.45, 7) is 3.06. The summed E-state index contributed by atoms with van der Waals surface area (Å²) in [6.07, 6.45) is 0.848. The number of carbonyl (C=O) groups is 1. The molecule has 1 unspecified atom stereocenters. The Morgan fingerprint density at radius 1 is 1.36 bits per heavy atom. The molecule has 22 heavy (non-hydrogen) atoms. The van der Waals surface area contributed by atoms with Crippen LogP contribution in [0.5, 0.6) is 0 Å². The highest BCUT2D eigenvalue weighted by Gasteiger charge is 2.15. The summed E-state index contributed by atoms with van der Waals surface area (Å²) in [7, 11) is 1.64. The van der Waals surface area contributed by atoms with E-state index in [9.17, 15) is 4.79 Å². The highest BCUT2D eigenvalue weighted by molar-refractivity contribution is 5.87. The molecule has 0 saturated carbocycles. The van der Waals surface area contributed by atoms with E-state index in [1.165, 1.54) is 0 Å². The van der Waals surface area contributed by atoms with Crippen LogP contribution in [0.1, 0.15) is 40.4 Å². The molecule has 0 spiro atoms. The second-order valence-electron chi connectivity index (χ2n) is 5.05. The van der Waals surface area contributed by atoms with Gasteiger partial charge in [0.15, 0.2) is 0 Å². The molecule has 0 aliphatic carbocycles. The monoisotopic (exact) mass is 303 g/mol. The van der Waals surface area contributed by atoms with Crippen molar-refractivity contribution in [3.63, 3.8) is 0 Å². The van der Waals surface area contributed by atoms with E-state index in [-0.39, 0.29) is 11.6 Å². The molecule has 2 N–H and O–H groups in total. The van der Waals surface area contributed by atoms with Crippen LogP contribution in [0.2, 0.25) is 0 Å². The molecule has 1 atom stereocenters. The first-order valence-electron chi connectivity index (χ1n) is 7.27. The van der Waals surface area contributed by atoms with Crippen molar-refractivity contribution < 1.29 is 19.1 Å². The zero-order chi connectivity index (χ0) is 15.9. The van der Waals surface area contributed by atoms with Crippen molar-refractivity contribution in [1.29, 1.82) is 0 Å². The van der Waals surface area contributed by atoms with Gasteiger partial charge < -0.3 is 19.6 Å². The Labute approximate surface area is 129 Å². The van der Waals surface area contributed by atoms with Crippen molar-refractivity contribution in [2.45, 2.75) is 25.9 Å². The average molecular weight is 303 g/mol. The minimum atomic E-state index is -0.922. The van der Waals surface area contributed by atoms with Crippen LogP contribution >= 0.6 is 0 Å². The topological polar surface area (TPSA) is 71.7 Å². The first-order valence-corrected chi connectivity index (χ1v) is 7.27. The first-order chi connectivity index (χ1) is 10.6. The van der Waals surface area contributed by atoms with E-state index in [0.29, 0.717) is 13.2 Å². The quantitative estimate of drug-likeness (QED) is 0.784. The number of furan rings is 1. The van der Waals surface area contributed by atoms with Gasteiger partial charge in [-0.2, -0.15) is 0 Å². The summed E-state index contributed by atoms with van der Waals surface area (Å²) in [4.78, 5) is 11.0. The minimum absolute atomic E-state index is 0.0706. The van der Waals surface area contributed by atoms with Gasteiger partial charge in [0, 0.05) is 20.1 Å². The van der Waals surface area contributed by atoms with Crippen molar-refractivity contribution in [3.8, 4) is 0 Å². The third-order valence-electron chi connectivity index (χ3n) is 3.43. The van der Waals surface area contributed by atoms with Gasteiger partial charge in [0.05, 0.1) is 18.2 Å². The smallest absolute Gasteiger partial charge is 0.335 e. The Kier molecular flexibility index (Phi) is 5.75. The van der Waals surface area contributed by atoms with Crippen molar-refractivity contribution in [3.05, 3.63) is 59.0 Å². The molecule has 1 heterocycles. The lowest BCUT2D eigenvalue weighted by Crippen LogP contribution is -2.24. The van der Waals surface area contributed by atoms with Crippen LogP contribution in [0.25, 0.3) is 0 Å². The molecule has 1 aromatic heterocycles. The van der Waals surface area contributed by atoms with E-state index in [0.717, 1.165) is 23.5 Å². The predicted octanol–water partition coefficient (Wildman–Crippen LogP) is 3.02. The van der Waals surface area contributed by atoms with Gasteiger partial charge in [0.2, 0.25) is 0 Å². The van der Waals surface area contributed by atoms with Crippen molar-refractivity contribution in [2.75, 3.05) is 13.7 Å². The number of rotatable bonds is 8. The lowest BCUT2D eigenvalue weighted by atomic mass is 10.1. The minimum Gasteiger partial charge on any atom is -0.478 e. The van der Waals surface area contributed by atoms with Gasteiger partial charge in [-0.3, -0.25) is 0 Å². The van der Waals surface area contributed by atoms with Crippen LogP contribution in [0.15, 0.2) is 40.8 Å². The van der Waals surface area contributed by atoms with Crippen molar-refractivity contribution in [1.82, 2.24) is 5.32 Å². The van der Waals surface area contributed by atoms with Gasteiger partial charge in [-0.1, -0.05) is 19.1 Å². The largest absolute Gasteiger partial charge is 0.478 e. The Morgan fingerprint density at radius 2 is 2.18 bits per heavy atom. The summed E-state index contributed by atoms with van der Waals surface area (Å²) >= 11 is 0. The van der Waals surface area contributed by atoms with E-state index in [1.807, 2.05) is 25.1 Å². The Bertz CT molecular complexity index is 621. The number of carboxylic acids is 1. The lowest BCUT2D eigenvalue weighted by molar-refractivity contribution is 0.0696. The van der Waals surface area contributed by atoms with Crippen LogP contribution in [0.4, 0.5) is 0 Å². The highest BCUT2D eigenvalue weighted by Crippen LogP contribution is 2.18. The standard InChI is InChI=1S/C17H21NO4/c1-3-14-7-8-16(22-14)15(11-21-2)18-10-12-5-4-6-13(9-12)17(19)20/h4-9,15,18H,3,10-11H2,1-2H3,(H,19,20). The van der Waals surface area contributed by atoms with E-state index in [1.54, 1.807) is 25.3 Å². The molecule has 0 fully saturated rings. The molecule has 0 radical (unpaired) electrons. The van der Waals surface area contributed by atoms with E-state index in [2.05, 4.69) is 5.32 Å². The van der Waals surface area contributed by atoms with E-state index in [4.69, 9.17) is 14.3 Å². The molecular weight excluding hydrogens is 282 g/mol. The molecule has 0 aliphatic heterocycles. The van der Waals surface area contributed by atoms with Crippen LogP contribution in [0.3, 0.4) is 0 Å². The fourth-order valence-corrected chi connectivity index (χ4v) is 2.24. The van der Waals surface area contributed by atoms with Crippen molar-refractivity contribution >= 4 is 5.97 Å². The van der Waals surface area contributed by atoms with Gasteiger partial charge in [0.25, 0.3) is 0 Å². The van der Waals surface area contributed by atoms with Gasteiger partial charge in [-0.05, 0) is 29.8 Å². The van der Waals surface area contributed by atoms with Gasteiger partial charge in [-0.25, -0.2) is 4.79 Å². The number of aryl methyl sites for hydroxylation is 1. The van der Waals surface area contributed by atoms with Crippen LogP contribution in [0, 0.1) is 0 Å². The summed E-state index contributed by atoms with van der Waals surface area (Å²) < 4.78 is 11.0. The maximum Gasteiger partial charge on any atom is 0.335 e. The van der Waals surface area contributed by atoms with E-state index >= 15 is 0 Å². The molecule has 0 amide bonds. The summed E-state index contributed by atoms with van der Waals surface area (Å²) in [6, 6.07) is 10.7. The number of benzene rings is 1. The number of nitrogens with one attached hydrogen (secondary N) is 1. The molecule has 5 nitrogen and oxygen atoms in total. The van der Waals surface area contributed by atoms with Gasteiger partial charge in [0.1, 0.15) is 11.5 Å². The number of aromatic carboxylic acids is 1. The third-order valence-corrected chi connectivity index (χ3v) is 3.43. The first kappa shape index (κ1) is 16.3. The second-order valence-corrected chi connectivity index (χ2v) is 5.05. The Morgan fingerprint density at radius 3 is 2.82 bits per heavy atom. The number of hydrogen-bond acceptors (Lipinski definition) is 4. The maximum atomic E-state index is 11.0. The summed E-state index contributed by atoms with van der Waals surface area (Å²) in [5.74, 6) is 0.841. The molecule has 5 heteroatoms. The number of methoxy groups -OCH3 is 1. The fraction of sp³-hybridized carbons (Fsp3) is 0.353. The summed E-state index contributed by atoms with van der Waals surface area (Å²) in [5, 5.41) is 12.4. The fourth-order valence-electron chi connectivity index (χ4n) is 2.24. The molecule has 0 saturated heterocycles. The Balaban J connectivity index is 2.05. The zero-order valence-electron chi connectivity index (χ0n) is 12.8. The Hall–Kier alpha value is -2.11. The molecule has 2 rings (SSSR count). The zero-order valence-corrected chi connectivity index (χ0v) is 12.8. The highest BCUT2D eigenvalue weighted by atomic mass is 16.5. The number of carboxylic acid groups (broad SMARTS) is 1. The summed E-state index contributed by atoms with van der Waals surface area (Å²) in [5.41, 5.74) is 1.19. The molecular formula is C17H21NO4. The lowest BCUT2D eigenvalue weighted by Gasteiger charge is -2.16. The SMILES string of the molecule is CCc1ccc(C(COC)NCc2cccc(C(=O)O)c2)o1.